The van der Waals surface area contributed by atoms with Crippen molar-refractivity contribution < 1.29 is 19.4 Å². The van der Waals surface area contributed by atoms with Gasteiger partial charge in [0.15, 0.2) is 11.5 Å². The van der Waals surface area contributed by atoms with Crippen LogP contribution in [0.15, 0.2) is 12.1 Å². The van der Waals surface area contributed by atoms with Crippen LogP contribution in [0.4, 0.5) is 5.82 Å². The molecule has 1 fully saturated rings. The second-order valence-electron chi connectivity index (χ2n) is 4.26. The van der Waals surface area contributed by atoms with Gasteiger partial charge in [0.05, 0.1) is 13.2 Å². The van der Waals surface area contributed by atoms with Gasteiger partial charge < -0.3 is 20.1 Å². The number of carbonyl (C=O) groups is 2. The van der Waals surface area contributed by atoms with Crippen LogP contribution in [-0.4, -0.2) is 59.5 Å². The monoisotopic (exact) mass is 280 g/mol. The highest BCUT2D eigenvalue weighted by molar-refractivity contribution is 5.86. The maximum Gasteiger partial charge on any atom is 0.356 e. The van der Waals surface area contributed by atoms with E-state index in [0.717, 1.165) is 0 Å². The molecular weight excluding hydrogens is 264 g/mol. The van der Waals surface area contributed by atoms with Gasteiger partial charge in [0.25, 0.3) is 0 Å². The zero-order valence-corrected chi connectivity index (χ0v) is 11.1. The van der Waals surface area contributed by atoms with Gasteiger partial charge in [-0.05, 0) is 19.1 Å². The third-order valence-corrected chi connectivity index (χ3v) is 2.95. The van der Waals surface area contributed by atoms with Crippen LogP contribution in [-0.2, 0) is 9.53 Å². The lowest BCUT2D eigenvalue weighted by molar-refractivity contribution is -0.124. The van der Waals surface area contributed by atoms with Gasteiger partial charge >= 0.3 is 5.97 Å². The Hall–Kier alpha value is -2.22. The lowest BCUT2D eigenvalue weighted by atomic mass is 10.2. The summed E-state index contributed by atoms with van der Waals surface area (Å²) >= 11 is 0. The number of amides is 1. The number of carboxylic acids is 1. The van der Waals surface area contributed by atoms with Crippen LogP contribution in [0.3, 0.4) is 0 Å². The third-order valence-electron chi connectivity index (χ3n) is 2.95. The molecule has 1 amide bonds. The molecule has 0 aliphatic carbocycles. The summed E-state index contributed by atoms with van der Waals surface area (Å²) in [7, 11) is 0. The largest absolute Gasteiger partial charge is 0.476 e. The molecule has 1 aliphatic heterocycles. The Labute approximate surface area is 115 Å². The summed E-state index contributed by atoms with van der Waals surface area (Å²) < 4.78 is 5.32. The van der Waals surface area contributed by atoms with Gasteiger partial charge in [0, 0.05) is 13.1 Å². The van der Waals surface area contributed by atoms with E-state index in [0.29, 0.717) is 25.5 Å². The maximum absolute atomic E-state index is 12.0. The molecule has 1 saturated heterocycles. The van der Waals surface area contributed by atoms with Crippen molar-refractivity contribution in [1.29, 1.82) is 0 Å². The Morgan fingerprint density at radius 3 is 2.90 bits per heavy atom. The highest BCUT2D eigenvalue weighted by Gasteiger charge is 2.30. The minimum Gasteiger partial charge on any atom is -0.476 e. The van der Waals surface area contributed by atoms with Crippen molar-refractivity contribution in [2.75, 3.05) is 31.2 Å². The molecule has 20 heavy (non-hydrogen) atoms. The van der Waals surface area contributed by atoms with Crippen LogP contribution < -0.4 is 10.2 Å². The predicted molar refractivity (Wildman–Crippen MR) is 69.6 cm³/mol. The molecule has 0 radical (unpaired) electrons. The molecule has 1 unspecified atom stereocenters. The fraction of sp³-hybridized carbons (Fsp3) is 0.500. The van der Waals surface area contributed by atoms with Crippen LogP contribution in [0.25, 0.3) is 0 Å². The number of hydrogen-bond acceptors (Lipinski definition) is 6. The molecule has 8 heteroatoms. The van der Waals surface area contributed by atoms with Gasteiger partial charge in [0.2, 0.25) is 5.91 Å². The van der Waals surface area contributed by atoms with Gasteiger partial charge in [-0.1, -0.05) is 0 Å². The van der Waals surface area contributed by atoms with Gasteiger partial charge in [-0.2, -0.15) is 0 Å². The molecule has 108 valence electrons. The Balaban J connectivity index is 2.18. The average molecular weight is 280 g/mol. The first-order valence-electron chi connectivity index (χ1n) is 6.32. The topological polar surface area (TPSA) is 105 Å². The Kier molecular flexibility index (Phi) is 4.46. The van der Waals surface area contributed by atoms with Gasteiger partial charge in [-0.3, -0.25) is 4.79 Å². The minimum atomic E-state index is -1.13. The van der Waals surface area contributed by atoms with Gasteiger partial charge in [-0.15, -0.1) is 10.2 Å². The quantitative estimate of drug-likeness (QED) is 0.767. The van der Waals surface area contributed by atoms with Gasteiger partial charge in [0.1, 0.15) is 6.04 Å². The van der Waals surface area contributed by atoms with E-state index in [4.69, 9.17) is 9.84 Å². The van der Waals surface area contributed by atoms with Crippen molar-refractivity contribution >= 4 is 17.7 Å². The van der Waals surface area contributed by atoms with Crippen molar-refractivity contribution in [1.82, 2.24) is 15.5 Å². The molecule has 1 aromatic heterocycles. The van der Waals surface area contributed by atoms with E-state index in [9.17, 15) is 9.59 Å². The summed E-state index contributed by atoms with van der Waals surface area (Å²) in [6, 6.07) is 2.44. The lowest BCUT2D eigenvalue weighted by Gasteiger charge is -2.34. The smallest absolute Gasteiger partial charge is 0.356 e. The summed E-state index contributed by atoms with van der Waals surface area (Å²) in [6.07, 6.45) is 0. The van der Waals surface area contributed by atoms with Crippen molar-refractivity contribution in [3.63, 3.8) is 0 Å². The normalized spacial score (nSPS) is 18.6. The van der Waals surface area contributed by atoms with Gasteiger partial charge in [-0.25, -0.2) is 4.79 Å². The fourth-order valence-electron chi connectivity index (χ4n) is 1.98. The lowest BCUT2D eigenvalue weighted by Crippen LogP contribution is -2.54. The first kappa shape index (κ1) is 14.2. The van der Waals surface area contributed by atoms with E-state index in [1.807, 2.05) is 6.92 Å². The van der Waals surface area contributed by atoms with E-state index in [1.165, 1.54) is 6.07 Å². The van der Waals surface area contributed by atoms with E-state index in [-0.39, 0.29) is 18.2 Å². The minimum absolute atomic E-state index is 0.128. The molecule has 0 bridgehead atoms. The maximum atomic E-state index is 12.0. The second kappa shape index (κ2) is 6.29. The van der Waals surface area contributed by atoms with Crippen molar-refractivity contribution in [2.45, 2.75) is 13.0 Å². The number of rotatable bonds is 4. The second-order valence-corrected chi connectivity index (χ2v) is 4.26. The van der Waals surface area contributed by atoms with Crippen LogP contribution in [0.2, 0.25) is 0 Å². The Morgan fingerprint density at radius 2 is 2.30 bits per heavy atom. The summed E-state index contributed by atoms with van der Waals surface area (Å²) in [5, 5.41) is 19.0. The molecular formula is C12H16N4O4. The number of morpholine rings is 1. The molecule has 1 aromatic rings. The van der Waals surface area contributed by atoms with Crippen molar-refractivity contribution in [3.05, 3.63) is 17.8 Å². The number of aromatic nitrogens is 2. The molecule has 1 atom stereocenters. The highest BCUT2D eigenvalue weighted by atomic mass is 16.5. The third kappa shape index (κ3) is 3.02. The molecule has 2 heterocycles. The zero-order chi connectivity index (χ0) is 14.5. The molecule has 0 aromatic carbocycles. The van der Waals surface area contributed by atoms with E-state index in [2.05, 4.69) is 15.5 Å². The number of carboxylic acid groups (broad SMARTS) is 1. The van der Waals surface area contributed by atoms with Crippen LogP contribution in [0.5, 0.6) is 0 Å². The average Bonchev–Trinajstić information content (AvgIpc) is 2.47. The van der Waals surface area contributed by atoms with E-state index >= 15 is 0 Å². The molecule has 1 aliphatic rings. The number of aromatic carboxylic acids is 1. The number of nitrogens with zero attached hydrogens (tertiary/aromatic N) is 3. The Morgan fingerprint density at radius 1 is 1.50 bits per heavy atom. The van der Waals surface area contributed by atoms with Crippen molar-refractivity contribution in [3.8, 4) is 0 Å². The van der Waals surface area contributed by atoms with E-state index < -0.39 is 12.0 Å². The number of carbonyl (C=O) groups excluding carboxylic acids is 1. The Bertz CT molecular complexity index is 491. The van der Waals surface area contributed by atoms with Crippen molar-refractivity contribution in [2.24, 2.45) is 0 Å². The number of hydrogen-bond donors (Lipinski definition) is 2. The number of ether oxygens (including phenoxy) is 1. The fourth-order valence-corrected chi connectivity index (χ4v) is 1.98. The summed E-state index contributed by atoms with van der Waals surface area (Å²) in [5.74, 6) is -0.808. The molecule has 0 saturated carbocycles. The standard InChI is InChI=1S/C12H16N4O4/c1-2-13-11(17)9-7-20-6-5-16(9)10-4-3-8(12(18)19)14-15-10/h3-4,9H,2,5-7H2,1H3,(H,13,17)(H,18,19). The summed E-state index contributed by atoms with van der Waals surface area (Å²) in [4.78, 5) is 24.5. The number of anilines is 1. The summed E-state index contributed by atoms with van der Waals surface area (Å²) in [6.45, 7) is 3.63. The first-order chi connectivity index (χ1) is 9.63. The highest BCUT2D eigenvalue weighted by Crippen LogP contribution is 2.16. The molecule has 2 rings (SSSR count). The van der Waals surface area contributed by atoms with E-state index in [1.54, 1.807) is 11.0 Å². The molecule has 0 spiro atoms. The molecule has 8 nitrogen and oxygen atoms in total. The van der Waals surface area contributed by atoms with Crippen LogP contribution in [0, 0.1) is 0 Å². The number of likely N-dealkylation sites (N-methyl/N-ethyl adjacent to an activating group) is 1. The first-order valence-corrected chi connectivity index (χ1v) is 6.32. The number of nitrogens with one attached hydrogen (secondary N) is 1. The zero-order valence-electron chi connectivity index (χ0n) is 11.1. The van der Waals surface area contributed by atoms with Crippen LogP contribution in [0.1, 0.15) is 17.4 Å². The SMILES string of the molecule is CCNC(=O)C1COCCN1c1ccc(C(=O)O)nn1. The molecule has 2 N–H and O–H groups in total. The van der Waals surface area contributed by atoms with Crippen LogP contribution >= 0.6 is 0 Å². The predicted octanol–water partition coefficient (Wildman–Crippen LogP) is -0.484. The summed E-state index contributed by atoms with van der Waals surface area (Å²) in [5.41, 5.74) is -0.128.